The monoisotopic (exact) mass is 491 g/mol. The lowest BCUT2D eigenvalue weighted by atomic mass is 10.0. The molecular formula is C21H21N3O3S4. The van der Waals surface area contributed by atoms with Gasteiger partial charge in [-0.2, -0.15) is 9.30 Å². The molecule has 10 heteroatoms. The third kappa shape index (κ3) is 4.38. The van der Waals surface area contributed by atoms with Crippen LogP contribution in [0.2, 0.25) is 0 Å². The molecule has 2 aromatic heterocycles. The van der Waals surface area contributed by atoms with Gasteiger partial charge in [0.2, 0.25) is 0 Å². The van der Waals surface area contributed by atoms with Crippen molar-refractivity contribution in [1.29, 1.82) is 0 Å². The molecule has 0 spiro atoms. The highest BCUT2D eigenvalue weighted by atomic mass is 32.2. The Labute approximate surface area is 193 Å². The minimum atomic E-state index is -3.73. The summed E-state index contributed by atoms with van der Waals surface area (Å²) in [4.78, 5) is 19.2. The van der Waals surface area contributed by atoms with E-state index >= 15 is 0 Å². The summed E-state index contributed by atoms with van der Waals surface area (Å²) in [6, 6.07) is 8.51. The van der Waals surface area contributed by atoms with Gasteiger partial charge in [-0.05, 0) is 48.7 Å². The number of sulfonamides is 1. The van der Waals surface area contributed by atoms with Gasteiger partial charge >= 0.3 is 0 Å². The molecule has 1 fully saturated rings. The summed E-state index contributed by atoms with van der Waals surface area (Å²) in [7, 11) is -3.73. The Morgan fingerprint density at radius 1 is 1.35 bits per heavy atom. The molecule has 162 valence electrons. The lowest BCUT2D eigenvalue weighted by Crippen LogP contribution is -2.47. The van der Waals surface area contributed by atoms with Gasteiger partial charge in [0.05, 0.1) is 16.8 Å². The van der Waals surface area contributed by atoms with Gasteiger partial charge in [0.25, 0.3) is 15.9 Å². The van der Waals surface area contributed by atoms with Crippen LogP contribution in [0, 0.1) is 12.3 Å². The zero-order valence-electron chi connectivity index (χ0n) is 16.9. The van der Waals surface area contributed by atoms with Crippen LogP contribution in [-0.4, -0.2) is 42.0 Å². The number of fused-ring (bicyclic) bond motifs is 1. The fourth-order valence-electron chi connectivity index (χ4n) is 3.64. The molecule has 1 amide bonds. The number of benzene rings is 1. The second-order valence-corrected chi connectivity index (χ2v) is 12.0. The quantitative estimate of drug-likeness (QED) is 0.402. The number of aromatic nitrogens is 1. The van der Waals surface area contributed by atoms with Crippen molar-refractivity contribution < 1.29 is 13.2 Å². The van der Waals surface area contributed by atoms with Crippen molar-refractivity contribution in [1.82, 2.24) is 8.87 Å². The minimum absolute atomic E-state index is 0.251. The van der Waals surface area contributed by atoms with Gasteiger partial charge in [-0.3, -0.25) is 4.79 Å². The molecule has 1 atom stereocenters. The molecule has 31 heavy (non-hydrogen) atoms. The average molecular weight is 492 g/mol. The molecule has 0 saturated carbocycles. The number of thiophene rings is 1. The first kappa shape index (κ1) is 22.3. The average Bonchev–Trinajstić information content (AvgIpc) is 3.43. The number of terminal acetylenes is 1. The molecule has 0 aliphatic carbocycles. The lowest BCUT2D eigenvalue weighted by molar-refractivity contribution is -0.122. The Hall–Kier alpha value is -1.90. The van der Waals surface area contributed by atoms with E-state index < -0.39 is 22.0 Å². The first-order chi connectivity index (χ1) is 15.0. The second-order valence-electron chi connectivity index (χ2n) is 7.02. The highest BCUT2D eigenvalue weighted by Crippen LogP contribution is 2.29. The van der Waals surface area contributed by atoms with Gasteiger partial charge < -0.3 is 4.57 Å². The molecule has 0 radical (unpaired) electrons. The van der Waals surface area contributed by atoms with Gasteiger partial charge in [0.15, 0.2) is 4.80 Å². The zero-order chi connectivity index (χ0) is 22.0. The summed E-state index contributed by atoms with van der Waals surface area (Å²) in [6.45, 7) is 0.604. The topological polar surface area (TPSA) is 71.7 Å². The highest BCUT2D eigenvalue weighted by Gasteiger charge is 2.38. The molecule has 1 aromatic carbocycles. The molecule has 6 nitrogen and oxygen atoms in total. The number of carbonyl (C=O) groups is 1. The SMILES string of the molecule is C#CCn1c(=NC(=O)C2CCCCN2S(=O)(=O)c2cccs2)sc2cc(SC)ccc21. The Balaban J connectivity index is 1.75. The minimum Gasteiger partial charge on any atom is -0.305 e. The molecule has 1 aliphatic rings. The molecule has 3 aromatic rings. The Kier molecular flexibility index (Phi) is 6.69. The number of rotatable bonds is 5. The van der Waals surface area contributed by atoms with Crippen LogP contribution in [0.15, 0.2) is 49.8 Å². The summed E-state index contributed by atoms with van der Waals surface area (Å²) in [5.74, 6) is 2.18. The molecule has 4 rings (SSSR count). The Bertz CT molecular complexity index is 1310. The van der Waals surface area contributed by atoms with Crippen LogP contribution >= 0.6 is 34.4 Å². The molecular weight excluding hydrogens is 471 g/mol. The maximum absolute atomic E-state index is 13.2. The van der Waals surface area contributed by atoms with Crippen LogP contribution in [-0.2, 0) is 21.4 Å². The predicted molar refractivity (Wildman–Crippen MR) is 127 cm³/mol. The van der Waals surface area contributed by atoms with Crippen molar-refractivity contribution in [2.75, 3.05) is 12.8 Å². The molecule has 1 aliphatic heterocycles. The standard InChI is InChI=1S/C21H21N3O3S4/c1-3-11-23-16-10-9-15(28-2)14-18(16)30-21(23)22-20(25)17-7-4-5-12-24(17)31(26,27)19-8-6-13-29-19/h1,6,8-10,13-14,17H,4-5,7,11-12H2,2H3. The van der Waals surface area contributed by atoms with Gasteiger partial charge in [-0.15, -0.1) is 29.5 Å². The van der Waals surface area contributed by atoms with E-state index in [1.165, 1.54) is 15.6 Å². The summed E-state index contributed by atoms with van der Waals surface area (Å²) < 4.78 is 30.6. The van der Waals surface area contributed by atoms with Crippen molar-refractivity contribution in [3.63, 3.8) is 0 Å². The van der Waals surface area contributed by atoms with Crippen LogP contribution in [0.4, 0.5) is 0 Å². The second kappa shape index (κ2) is 9.30. The van der Waals surface area contributed by atoms with Gasteiger partial charge in [-0.25, -0.2) is 8.42 Å². The molecule has 1 saturated heterocycles. The van der Waals surface area contributed by atoms with E-state index in [-0.39, 0.29) is 10.8 Å². The van der Waals surface area contributed by atoms with Crippen LogP contribution in [0.5, 0.6) is 0 Å². The number of hydrogen-bond donors (Lipinski definition) is 0. The van der Waals surface area contributed by atoms with Crippen molar-refractivity contribution in [3.05, 3.63) is 40.5 Å². The van der Waals surface area contributed by atoms with Gasteiger partial charge in [0.1, 0.15) is 10.3 Å². The normalized spacial score (nSPS) is 18.3. The lowest BCUT2D eigenvalue weighted by Gasteiger charge is -2.31. The predicted octanol–water partition coefficient (Wildman–Crippen LogP) is 3.79. The van der Waals surface area contributed by atoms with Crippen molar-refractivity contribution in [3.8, 4) is 12.3 Å². The number of thioether (sulfide) groups is 1. The maximum Gasteiger partial charge on any atom is 0.266 e. The van der Waals surface area contributed by atoms with E-state index in [9.17, 15) is 13.2 Å². The molecule has 1 unspecified atom stereocenters. The van der Waals surface area contributed by atoms with Crippen LogP contribution in [0.1, 0.15) is 19.3 Å². The van der Waals surface area contributed by atoms with Crippen LogP contribution < -0.4 is 4.80 Å². The van der Waals surface area contributed by atoms with Gasteiger partial charge in [0, 0.05) is 11.4 Å². The van der Waals surface area contributed by atoms with Crippen molar-refractivity contribution in [2.24, 2.45) is 4.99 Å². The maximum atomic E-state index is 13.2. The number of hydrogen-bond acceptors (Lipinski definition) is 6. The van der Waals surface area contributed by atoms with Crippen LogP contribution in [0.3, 0.4) is 0 Å². The van der Waals surface area contributed by atoms with Crippen LogP contribution in [0.25, 0.3) is 10.2 Å². The summed E-state index contributed by atoms with van der Waals surface area (Å²) in [5.41, 5.74) is 0.916. The third-order valence-corrected chi connectivity index (χ3v) is 10.2. The summed E-state index contributed by atoms with van der Waals surface area (Å²) in [6.07, 6.45) is 9.54. The number of thiazole rings is 1. The summed E-state index contributed by atoms with van der Waals surface area (Å²) in [5, 5.41) is 1.72. The third-order valence-electron chi connectivity index (χ3n) is 5.14. The van der Waals surface area contributed by atoms with E-state index in [1.807, 2.05) is 23.0 Å². The number of piperidine rings is 1. The van der Waals surface area contributed by atoms with E-state index in [0.29, 0.717) is 17.8 Å². The van der Waals surface area contributed by atoms with Crippen molar-refractivity contribution >= 4 is 60.6 Å². The fraction of sp³-hybridized carbons (Fsp3) is 0.333. The molecule has 3 heterocycles. The number of carbonyl (C=O) groups excluding carboxylic acids is 1. The largest absolute Gasteiger partial charge is 0.305 e. The zero-order valence-corrected chi connectivity index (χ0v) is 20.1. The Morgan fingerprint density at radius 2 is 2.19 bits per heavy atom. The van der Waals surface area contributed by atoms with E-state index in [1.54, 1.807) is 29.3 Å². The highest BCUT2D eigenvalue weighted by molar-refractivity contribution is 7.98. The molecule has 0 bridgehead atoms. The number of nitrogens with zero attached hydrogens (tertiary/aromatic N) is 3. The smallest absolute Gasteiger partial charge is 0.266 e. The number of amides is 1. The molecule has 0 N–H and O–H groups in total. The van der Waals surface area contributed by atoms with Gasteiger partial charge in [-0.1, -0.05) is 29.7 Å². The van der Waals surface area contributed by atoms with E-state index in [0.717, 1.165) is 39.3 Å². The first-order valence-corrected chi connectivity index (χ1v) is 14.1. The van der Waals surface area contributed by atoms with Crippen molar-refractivity contribution in [2.45, 2.75) is 41.0 Å². The Morgan fingerprint density at radius 3 is 2.90 bits per heavy atom. The first-order valence-electron chi connectivity index (χ1n) is 9.70. The van der Waals surface area contributed by atoms with E-state index in [2.05, 4.69) is 17.0 Å². The fourth-order valence-corrected chi connectivity index (χ4v) is 8.00. The van der Waals surface area contributed by atoms with E-state index in [4.69, 9.17) is 6.42 Å². The summed E-state index contributed by atoms with van der Waals surface area (Å²) >= 11 is 4.19.